The van der Waals surface area contributed by atoms with Crippen LogP contribution in [0.4, 0.5) is 4.79 Å². The van der Waals surface area contributed by atoms with Crippen molar-refractivity contribution in [1.82, 2.24) is 5.32 Å². The van der Waals surface area contributed by atoms with Crippen LogP contribution in [-0.4, -0.2) is 41.2 Å². The van der Waals surface area contributed by atoms with Crippen LogP contribution in [0, 0.1) is 52.3 Å². The topological polar surface area (TPSA) is 78.8 Å². The fourth-order valence-corrected chi connectivity index (χ4v) is 11.1. The van der Waals surface area contributed by atoms with Crippen LogP contribution in [0.1, 0.15) is 124 Å². The van der Waals surface area contributed by atoms with Crippen LogP contribution in [0.5, 0.6) is 0 Å². The van der Waals surface area contributed by atoms with Gasteiger partial charge in [0.05, 0.1) is 18.8 Å². The summed E-state index contributed by atoms with van der Waals surface area (Å²) in [7, 11) is 0. The predicted octanol–water partition coefficient (Wildman–Crippen LogP) is 7.09. The van der Waals surface area contributed by atoms with E-state index in [0.29, 0.717) is 48.0 Å². The van der Waals surface area contributed by atoms with E-state index in [9.17, 15) is 15.0 Å². The number of alkyl carbamates (subject to hydrolysis) is 1. The Kier molecular flexibility index (Phi) is 8.75. The van der Waals surface area contributed by atoms with E-state index in [0.717, 1.165) is 44.9 Å². The van der Waals surface area contributed by atoms with Crippen molar-refractivity contribution in [3.8, 4) is 0 Å². The number of nitrogens with one attached hydrogen (secondary N) is 1. The molecular weight excluding hydrogens is 474 g/mol. The van der Waals surface area contributed by atoms with Gasteiger partial charge in [-0.05, 0) is 116 Å². The minimum absolute atomic E-state index is 0.187. The van der Waals surface area contributed by atoms with Gasteiger partial charge in [0.1, 0.15) is 0 Å². The number of amides is 1. The maximum atomic E-state index is 12.5. The number of rotatable bonds is 6. The average Bonchev–Trinajstić information content (AvgIpc) is 3.04. The smallest absolute Gasteiger partial charge is 0.407 e. The standard InChI is InChI=1S/C33H57NO4/c1-5-24-28-20-23(35)14-17-33(28,4)27-15-18-32(3)25(12-13-26(32)29(27)30(24)36)21(2)16-19-38-31(37)34-22-10-8-6-7-9-11-22/h21-30,35-36H,5-20H2,1-4H3,(H,34,37)/t21-,23-,24-,25?,26+,27+,28+,29+,30-,32-,33-/m1/s1. The number of fused-ring (bicyclic) bond motifs is 5. The van der Waals surface area contributed by atoms with Gasteiger partial charge in [-0.25, -0.2) is 4.79 Å². The third kappa shape index (κ3) is 5.17. The van der Waals surface area contributed by atoms with Crippen molar-refractivity contribution < 1.29 is 19.7 Å². The molecule has 38 heavy (non-hydrogen) atoms. The summed E-state index contributed by atoms with van der Waals surface area (Å²) in [5, 5.41) is 25.6. The van der Waals surface area contributed by atoms with E-state index in [1.807, 2.05) is 0 Å². The van der Waals surface area contributed by atoms with Gasteiger partial charge in [0.2, 0.25) is 0 Å². The number of carbonyl (C=O) groups excluding carboxylic acids is 1. The lowest BCUT2D eigenvalue weighted by molar-refractivity contribution is -0.203. The Morgan fingerprint density at radius 2 is 1.61 bits per heavy atom. The predicted molar refractivity (Wildman–Crippen MR) is 152 cm³/mol. The normalized spacial score (nSPS) is 46.3. The molecule has 0 radical (unpaired) electrons. The molecular formula is C33H57NO4. The van der Waals surface area contributed by atoms with Crippen molar-refractivity contribution in [2.45, 2.75) is 142 Å². The van der Waals surface area contributed by atoms with E-state index in [1.165, 1.54) is 51.4 Å². The molecule has 0 spiro atoms. The second-order valence-electron chi connectivity index (χ2n) is 14.9. The Morgan fingerprint density at radius 1 is 0.921 bits per heavy atom. The highest BCUT2D eigenvalue weighted by molar-refractivity contribution is 5.67. The monoisotopic (exact) mass is 531 g/mol. The molecule has 3 N–H and O–H groups in total. The highest BCUT2D eigenvalue weighted by Crippen LogP contribution is 2.69. The zero-order valence-electron chi connectivity index (χ0n) is 24.8. The molecule has 5 rings (SSSR count). The van der Waals surface area contributed by atoms with Crippen LogP contribution in [0.3, 0.4) is 0 Å². The molecule has 0 saturated heterocycles. The van der Waals surface area contributed by atoms with Crippen molar-refractivity contribution >= 4 is 6.09 Å². The summed E-state index contributed by atoms with van der Waals surface area (Å²) in [4.78, 5) is 12.5. The van der Waals surface area contributed by atoms with Gasteiger partial charge in [-0.1, -0.05) is 59.8 Å². The molecule has 0 bridgehead atoms. The van der Waals surface area contributed by atoms with Gasteiger partial charge >= 0.3 is 6.09 Å². The molecule has 0 aromatic heterocycles. The average molecular weight is 532 g/mol. The Morgan fingerprint density at radius 3 is 2.32 bits per heavy atom. The molecule has 5 nitrogen and oxygen atoms in total. The SMILES string of the molecule is CC[C@H]1[C@@H](O)[C@@H]2[C@H](CC[C@]3(C)C([C@H](C)CCOC(=O)NC4CCCCCC4)CC[C@@H]23)[C@@]2(C)CC[C@@H](O)C[C@@H]12. The molecule has 5 aliphatic carbocycles. The summed E-state index contributed by atoms with van der Waals surface area (Å²) in [5.74, 6) is 3.48. The Balaban J connectivity index is 1.21. The second kappa shape index (κ2) is 11.6. The Bertz CT molecular complexity index is 811. The van der Waals surface area contributed by atoms with Crippen LogP contribution in [0.25, 0.3) is 0 Å². The third-order valence-corrected chi connectivity index (χ3v) is 13.1. The fraction of sp³-hybridized carbons (Fsp3) is 0.970. The summed E-state index contributed by atoms with van der Waals surface area (Å²) >= 11 is 0. The van der Waals surface area contributed by atoms with E-state index in [-0.39, 0.29) is 35.2 Å². The largest absolute Gasteiger partial charge is 0.450 e. The molecule has 0 aromatic carbocycles. The van der Waals surface area contributed by atoms with E-state index in [2.05, 4.69) is 33.0 Å². The van der Waals surface area contributed by atoms with E-state index in [4.69, 9.17) is 4.74 Å². The second-order valence-corrected chi connectivity index (χ2v) is 14.9. The summed E-state index contributed by atoms with van der Waals surface area (Å²) in [6, 6.07) is 0.287. The molecule has 5 saturated carbocycles. The van der Waals surface area contributed by atoms with Crippen molar-refractivity contribution in [2.75, 3.05) is 6.61 Å². The highest BCUT2D eigenvalue weighted by Gasteiger charge is 2.64. The molecule has 1 amide bonds. The Hall–Kier alpha value is -0.810. The number of ether oxygens (including phenoxy) is 1. The zero-order chi connectivity index (χ0) is 27.1. The number of hydrogen-bond acceptors (Lipinski definition) is 4. The summed E-state index contributed by atoms with van der Waals surface area (Å²) < 4.78 is 5.69. The lowest BCUT2D eigenvalue weighted by Crippen LogP contribution is -2.62. The maximum Gasteiger partial charge on any atom is 0.407 e. The molecule has 1 unspecified atom stereocenters. The van der Waals surface area contributed by atoms with Crippen molar-refractivity contribution in [1.29, 1.82) is 0 Å². The fourth-order valence-electron chi connectivity index (χ4n) is 11.1. The van der Waals surface area contributed by atoms with Gasteiger partial charge in [-0.2, -0.15) is 0 Å². The molecule has 5 heteroatoms. The molecule has 0 heterocycles. The lowest BCUT2D eigenvalue weighted by Gasteiger charge is -2.64. The maximum absolute atomic E-state index is 12.5. The third-order valence-electron chi connectivity index (χ3n) is 13.1. The molecule has 5 fully saturated rings. The van der Waals surface area contributed by atoms with E-state index in [1.54, 1.807) is 0 Å². The Labute approximate surface area is 232 Å². The number of hydrogen-bond donors (Lipinski definition) is 3. The van der Waals surface area contributed by atoms with E-state index < -0.39 is 0 Å². The van der Waals surface area contributed by atoms with E-state index >= 15 is 0 Å². The minimum Gasteiger partial charge on any atom is -0.450 e. The molecule has 218 valence electrons. The van der Waals surface area contributed by atoms with Crippen molar-refractivity contribution in [2.24, 2.45) is 52.3 Å². The van der Waals surface area contributed by atoms with Crippen LogP contribution in [0.2, 0.25) is 0 Å². The molecule has 11 atom stereocenters. The first-order valence-electron chi connectivity index (χ1n) is 16.5. The van der Waals surface area contributed by atoms with Gasteiger partial charge in [0.15, 0.2) is 0 Å². The lowest BCUT2D eigenvalue weighted by atomic mass is 9.41. The van der Waals surface area contributed by atoms with Gasteiger partial charge < -0.3 is 20.3 Å². The quantitative estimate of drug-likeness (QED) is 0.320. The summed E-state index contributed by atoms with van der Waals surface area (Å²) in [6.45, 7) is 10.2. The molecule has 0 aliphatic heterocycles. The summed E-state index contributed by atoms with van der Waals surface area (Å²) in [6.07, 6.45) is 16.3. The molecule has 0 aromatic rings. The number of carbonyl (C=O) groups is 1. The first kappa shape index (κ1) is 28.7. The molecule has 5 aliphatic rings. The van der Waals surface area contributed by atoms with Crippen LogP contribution < -0.4 is 5.32 Å². The zero-order valence-corrected chi connectivity index (χ0v) is 24.8. The van der Waals surface area contributed by atoms with Crippen LogP contribution >= 0.6 is 0 Å². The van der Waals surface area contributed by atoms with Crippen LogP contribution in [-0.2, 0) is 4.74 Å². The first-order chi connectivity index (χ1) is 18.2. The highest BCUT2D eigenvalue weighted by atomic mass is 16.5. The van der Waals surface area contributed by atoms with Gasteiger partial charge in [-0.3, -0.25) is 0 Å². The first-order valence-corrected chi connectivity index (χ1v) is 16.5. The van der Waals surface area contributed by atoms with Gasteiger partial charge in [0, 0.05) is 6.04 Å². The van der Waals surface area contributed by atoms with Gasteiger partial charge in [0.25, 0.3) is 0 Å². The minimum atomic E-state index is -0.233. The number of aliphatic hydroxyl groups excluding tert-OH is 2. The van der Waals surface area contributed by atoms with Crippen molar-refractivity contribution in [3.63, 3.8) is 0 Å². The summed E-state index contributed by atoms with van der Waals surface area (Å²) in [5.41, 5.74) is 0.521. The van der Waals surface area contributed by atoms with Gasteiger partial charge in [-0.15, -0.1) is 0 Å². The van der Waals surface area contributed by atoms with Crippen molar-refractivity contribution in [3.05, 3.63) is 0 Å². The number of aliphatic hydroxyl groups is 2. The van der Waals surface area contributed by atoms with Crippen LogP contribution in [0.15, 0.2) is 0 Å².